The average Bonchev–Trinajstić information content (AvgIpc) is 2.85. The van der Waals surface area contributed by atoms with Crippen LogP contribution in [-0.4, -0.2) is 34.2 Å². The van der Waals surface area contributed by atoms with Gasteiger partial charge in [0.15, 0.2) is 0 Å². The van der Waals surface area contributed by atoms with E-state index in [4.69, 9.17) is 4.74 Å². The lowest BCUT2D eigenvalue weighted by Crippen LogP contribution is -2.54. The Morgan fingerprint density at radius 2 is 1.29 bits per heavy atom. The van der Waals surface area contributed by atoms with E-state index in [2.05, 4.69) is 35.2 Å². The molecule has 2 fully saturated rings. The van der Waals surface area contributed by atoms with Crippen LogP contribution in [0.25, 0.3) is 0 Å². The summed E-state index contributed by atoms with van der Waals surface area (Å²) in [5.74, 6) is -0.584. The summed E-state index contributed by atoms with van der Waals surface area (Å²) in [4.78, 5) is 16.1. The van der Waals surface area contributed by atoms with Gasteiger partial charge in [-0.3, -0.25) is 4.90 Å². The molecule has 2 aliphatic heterocycles. The minimum Gasteiger partial charge on any atom is -0.460 e. The van der Waals surface area contributed by atoms with Gasteiger partial charge in [0.2, 0.25) is 5.60 Å². The van der Waals surface area contributed by atoms with Crippen molar-refractivity contribution in [1.82, 2.24) is 4.90 Å². The predicted molar refractivity (Wildman–Crippen MR) is 136 cm³/mol. The lowest BCUT2D eigenvalue weighted by molar-refractivity contribution is -0.173. The van der Waals surface area contributed by atoms with Gasteiger partial charge in [-0.15, -0.1) is 12.4 Å². The zero-order chi connectivity index (χ0) is 22.7. The molecule has 0 radical (unpaired) electrons. The van der Waals surface area contributed by atoms with Crippen molar-refractivity contribution in [2.45, 2.75) is 62.4 Å². The number of ether oxygens (including phenoxy) is 1. The van der Waals surface area contributed by atoms with Crippen LogP contribution in [0.3, 0.4) is 0 Å². The number of carbonyl (C=O) groups is 1. The van der Waals surface area contributed by atoms with E-state index >= 15 is 0 Å². The summed E-state index contributed by atoms with van der Waals surface area (Å²) >= 11 is 0. The lowest BCUT2D eigenvalue weighted by Gasteiger charge is -2.48. The molecule has 5 rings (SSSR count). The minimum absolute atomic E-state index is 0. The molecule has 3 aromatic carbocycles. The van der Waals surface area contributed by atoms with Gasteiger partial charge in [-0.25, -0.2) is 4.79 Å². The Morgan fingerprint density at radius 3 is 1.79 bits per heavy atom. The molecule has 5 heteroatoms. The van der Waals surface area contributed by atoms with Crippen molar-refractivity contribution >= 4 is 18.4 Å². The summed E-state index contributed by atoms with van der Waals surface area (Å²) in [7, 11) is 0. The van der Waals surface area contributed by atoms with Crippen molar-refractivity contribution in [2.75, 3.05) is 0 Å². The number of carbonyl (C=O) groups excluding carboxylic acids is 1. The molecule has 34 heavy (non-hydrogen) atoms. The Balaban J connectivity index is 0.00000274. The van der Waals surface area contributed by atoms with Gasteiger partial charge >= 0.3 is 5.97 Å². The number of hydrogen-bond donors (Lipinski definition) is 1. The molecule has 2 saturated heterocycles. The van der Waals surface area contributed by atoms with Gasteiger partial charge in [-0.05, 0) is 29.5 Å². The molecule has 2 aliphatic rings. The van der Waals surface area contributed by atoms with Crippen LogP contribution in [-0.2, 0) is 21.7 Å². The fourth-order valence-electron chi connectivity index (χ4n) is 5.57. The quantitative estimate of drug-likeness (QED) is 0.478. The van der Waals surface area contributed by atoms with Crippen molar-refractivity contribution in [3.63, 3.8) is 0 Å². The highest BCUT2D eigenvalue weighted by atomic mass is 35.5. The molecule has 0 aromatic heterocycles. The molecule has 0 aliphatic carbocycles. The first-order valence-corrected chi connectivity index (χ1v) is 12.0. The van der Waals surface area contributed by atoms with Crippen LogP contribution >= 0.6 is 12.4 Å². The van der Waals surface area contributed by atoms with Crippen molar-refractivity contribution in [1.29, 1.82) is 0 Å². The van der Waals surface area contributed by atoms with Crippen LogP contribution in [0.2, 0.25) is 0 Å². The molecule has 4 nitrogen and oxygen atoms in total. The Bertz CT molecular complexity index is 1010. The van der Waals surface area contributed by atoms with Gasteiger partial charge in [0, 0.05) is 31.5 Å². The number of halogens is 1. The lowest BCUT2D eigenvalue weighted by atomic mass is 9.82. The third-order valence-electron chi connectivity index (χ3n) is 7.24. The van der Waals surface area contributed by atoms with Gasteiger partial charge in [-0.1, -0.05) is 97.4 Å². The molecule has 2 heterocycles. The fraction of sp³-hybridized carbons (Fsp3) is 0.345. The van der Waals surface area contributed by atoms with Gasteiger partial charge in [-0.2, -0.15) is 0 Å². The highest BCUT2D eigenvalue weighted by Crippen LogP contribution is 2.38. The minimum atomic E-state index is -1.82. The maximum Gasteiger partial charge on any atom is 0.347 e. The van der Waals surface area contributed by atoms with Crippen LogP contribution < -0.4 is 0 Å². The predicted octanol–water partition coefficient (Wildman–Crippen LogP) is 5.47. The maximum atomic E-state index is 13.5. The Kier molecular flexibility index (Phi) is 7.72. The highest BCUT2D eigenvalue weighted by Gasteiger charge is 2.45. The first kappa shape index (κ1) is 24.5. The molecular formula is C29H32ClNO3. The van der Waals surface area contributed by atoms with Gasteiger partial charge in [0.1, 0.15) is 6.10 Å². The number of benzene rings is 3. The molecule has 1 N–H and O–H groups in total. The largest absolute Gasteiger partial charge is 0.460 e. The van der Waals surface area contributed by atoms with Crippen molar-refractivity contribution in [3.8, 4) is 0 Å². The fourth-order valence-corrected chi connectivity index (χ4v) is 5.57. The number of piperidine rings is 2. The summed E-state index contributed by atoms with van der Waals surface area (Å²) in [6.45, 7) is 0.939. The van der Waals surface area contributed by atoms with Crippen LogP contribution in [0, 0.1) is 0 Å². The Labute approximate surface area is 208 Å². The standard InChI is InChI=1S/C29H31NO3.ClH/c31-28(29(32,23-13-6-2-7-14-23)24-15-8-3-9-16-24)33-27-19-25-17-10-18-26(20-27)30(25)21-22-11-4-1-5-12-22;/h1-9,11-16,25-27,32H,10,17-21H2;1H. The molecular weight excluding hydrogens is 446 g/mol. The monoisotopic (exact) mass is 477 g/mol. The van der Waals surface area contributed by atoms with E-state index in [0.29, 0.717) is 23.2 Å². The molecule has 0 spiro atoms. The number of fused-ring (bicyclic) bond motifs is 2. The van der Waals surface area contributed by atoms with Gasteiger partial charge in [0.05, 0.1) is 0 Å². The summed E-state index contributed by atoms with van der Waals surface area (Å²) < 4.78 is 6.08. The van der Waals surface area contributed by atoms with E-state index in [-0.39, 0.29) is 18.5 Å². The summed E-state index contributed by atoms with van der Waals surface area (Å²) in [6, 6.07) is 29.6. The van der Waals surface area contributed by atoms with E-state index in [1.54, 1.807) is 24.3 Å². The van der Waals surface area contributed by atoms with E-state index in [0.717, 1.165) is 32.2 Å². The molecule has 2 bridgehead atoms. The SMILES string of the molecule is Cl.O=C(OC1CC2CCCC(C1)N2Cc1ccccc1)C(O)(c1ccccc1)c1ccccc1. The zero-order valence-corrected chi connectivity index (χ0v) is 20.1. The van der Waals surface area contributed by atoms with E-state index < -0.39 is 11.6 Å². The second-order valence-electron chi connectivity index (χ2n) is 9.34. The summed E-state index contributed by atoms with van der Waals surface area (Å²) in [5, 5.41) is 11.7. The molecule has 178 valence electrons. The van der Waals surface area contributed by atoms with E-state index in [9.17, 15) is 9.90 Å². The maximum absolute atomic E-state index is 13.5. The van der Waals surface area contributed by atoms with E-state index in [1.165, 1.54) is 12.0 Å². The highest BCUT2D eigenvalue weighted by molar-refractivity contribution is 5.86. The first-order chi connectivity index (χ1) is 16.1. The number of aliphatic hydroxyl groups is 1. The number of rotatable bonds is 6. The summed E-state index contributed by atoms with van der Waals surface area (Å²) in [5.41, 5.74) is 0.567. The van der Waals surface area contributed by atoms with Crippen LogP contribution in [0.15, 0.2) is 91.0 Å². The second-order valence-corrected chi connectivity index (χ2v) is 9.34. The third-order valence-corrected chi connectivity index (χ3v) is 7.24. The Morgan fingerprint density at radius 1 is 0.824 bits per heavy atom. The van der Waals surface area contributed by atoms with Crippen LogP contribution in [0.5, 0.6) is 0 Å². The first-order valence-electron chi connectivity index (χ1n) is 12.0. The second kappa shape index (κ2) is 10.7. The normalized spacial score (nSPS) is 22.4. The van der Waals surface area contributed by atoms with E-state index in [1.807, 2.05) is 36.4 Å². The number of esters is 1. The number of hydrogen-bond acceptors (Lipinski definition) is 4. The Hall–Kier alpha value is -2.66. The van der Waals surface area contributed by atoms with Gasteiger partial charge in [0.25, 0.3) is 0 Å². The third kappa shape index (κ3) is 4.90. The number of nitrogens with zero attached hydrogens (tertiary/aromatic N) is 1. The average molecular weight is 478 g/mol. The zero-order valence-electron chi connectivity index (χ0n) is 19.3. The van der Waals surface area contributed by atoms with Crippen molar-refractivity contribution < 1.29 is 14.6 Å². The smallest absolute Gasteiger partial charge is 0.347 e. The molecule has 2 atom stereocenters. The van der Waals surface area contributed by atoms with Gasteiger partial charge < -0.3 is 9.84 Å². The molecule has 0 saturated carbocycles. The van der Waals surface area contributed by atoms with Crippen molar-refractivity contribution in [3.05, 3.63) is 108 Å². The molecule has 3 aromatic rings. The molecule has 0 amide bonds. The van der Waals surface area contributed by atoms with Crippen molar-refractivity contribution in [2.24, 2.45) is 0 Å². The topological polar surface area (TPSA) is 49.8 Å². The molecule has 2 unspecified atom stereocenters. The van der Waals surface area contributed by atoms with Crippen LogP contribution in [0.1, 0.15) is 48.8 Å². The van der Waals surface area contributed by atoms with Crippen LogP contribution in [0.4, 0.5) is 0 Å². The summed E-state index contributed by atoms with van der Waals surface area (Å²) in [6.07, 6.45) is 4.92.